The van der Waals surface area contributed by atoms with E-state index in [0.717, 1.165) is 25.8 Å². The Morgan fingerprint density at radius 2 is 1.85 bits per heavy atom. The van der Waals surface area contributed by atoms with E-state index in [1.807, 2.05) is 0 Å². The highest BCUT2D eigenvalue weighted by atomic mass is 16.5. The van der Waals surface area contributed by atoms with Crippen LogP contribution in [0.3, 0.4) is 0 Å². The molecule has 13 heavy (non-hydrogen) atoms. The predicted molar refractivity (Wildman–Crippen MR) is 48.7 cm³/mol. The molecular weight excluding hydrogens is 170 g/mol. The van der Waals surface area contributed by atoms with E-state index in [0.29, 0.717) is 17.9 Å². The van der Waals surface area contributed by atoms with Gasteiger partial charge in [0, 0.05) is 20.6 Å². The molecule has 1 aliphatic heterocycles. The lowest BCUT2D eigenvalue weighted by molar-refractivity contribution is -1.00. The van der Waals surface area contributed by atoms with Crippen LogP contribution in [0.25, 0.3) is 0 Å². The number of aliphatic hydroxyl groups is 1. The van der Waals surface area contributed by atoms with Crippen molar-refractivity contribution in [1.29, 1.82) is 0 Å². The molecule has 1 fully saturated rings. The average Bonchev–Trinajstić information content (AvgIpc) is 2.11. The van der Waals surface area contributed by atoms with E-state index in [4.69, 9.17) is 9.47 Å². The molecule has 1 atom stereocenters. The number of rotatable bonds is 4. The summed E-state index contributed by atoms with van der Waals surface area (Å²) in [5.74, 6) is 0. The number of aliphatic hydroxyl groups excluding tert-OH is 1. The van der Waals surface area contributed by atoms with Gasteiger partial charge >= 0.3 is 0 Å². The van der Waals surface area contributed by atoms with Gasteiger partial charge in [0.25, 0.3) is 0 Å². The first kappa shape index (κ1) is 10.9. The fraction of sp³-hybridized carbons (Fsp3) is 1.00. The summed E-state index contributed by atoms with van der Waals surface area (Å²) in [6.07, 6.45) is 2.78. The summed E-state index contributed by atoms with van der Waals surface area (Å²) in [6, 6.07) is 0. The second-order valence-corrected chi connectivity index (χ2v) is 3.75. The van der Waals surface area contributed by atoms with Crippen molar-refractivity contribution in [3.05, 3.63) is 0 Å². The van der Waals surface area contributed by atoms with E-state index >= 15 is 0 Å². The Labute approximate surface area is 79.6 Å². The van der Waals surface area contributed by atoms with Crippen molar-refractivity contribution in [2.45, 2.75) is 25.5 Å². The Balaban J connectivity index is 2.61. The molecule has 0 aromatic heterocycles. The number of methoxy groups -OCH3 is 2. The van der Waals surface area contributed by atoms with E-state index in [9.17, 15) is 5.11 Å². The van der Waals surface area contributed by atoms with Gasteiger partial charge in [0.15, 0.2) is 19.7 Å². The number of likely N-dealkylation sites (tertiary alicyclic amines) is 1. The molecule has 0 aromatic carbocycles. The van der Waals surface area contributed by atoms with Crippen LogP contribution in [0.1, 0.15) is 19.3 Å². The SMILES string of the molecule is COC[N+]1(COC)CCCCC1O. The number of piperidine rings is 1. The van der Waals surface area contributed by atoms with E-state index in [-0.39, 0.29) is 6.23 Å². The van der Waals surface area contributed by atoms with Crippen molar-refractivity contribution in [3.8, 4) is 0 Å². The summed E-state index contributed by atoms with van der Waals surface area (Å²) < 4.78 is 10.8. The fourth-order valence-electron chi connectivity index (χ4n) is 2.03. The summed E-state index contributed by atoms with van der Waals surface area (Å²) in [7, 11) is 3.33. The van der Waals surface area contributed by atoms with Crippen LogP contribution in [0.5, 0.6) is 0 Å². The molecule has 0 aromatic rings. The van der Waals surface area contributed by atoms with Gasteiger partial charge in [-0.3, -0.25) is 4.48 Å². The molecule has 4 heteroatoms. The highest BCUT2D eigenvalue weighted by Gasteiger charge is 2.38. The molecule has 1 aliphatic rings. The van der Waals surface area contributed by atoms with Crippen LogP contribution in [0.15, 0.2) is 0 Å². The Kier molecular flexibility index (Phi) is 4.12. The first-order valence-electron chi connectivity index (χ1n) is 4.77. The maximum Gasteiger partial charge on any atom is 0.194 e. The van der Waals surface area contributed by atoms with Gasteiger partial charge in [-0.15, -0.1) is 0 Å². The topological polar surface area (TPSA) is 38.7 Å². The molecular formula is C9H20NO3+. The normalized spacial score (nSPS) is 27.5. The van der Waals surface area contributed by atoms with Gasteiger partial charge in [0.05, 0.1) is 6.54 Å². The summed E-state index contributed by atoms with van der Waals surface area (Å²) in [5.41, 5.74) is 0. The minimum Gasteiger partial charge on any atom is -0.345 e. The van der Waals surface area contributed by atoms with Crippen LogP contribution in [-0.4, -0.2) is 50.0 Å². The number of quaternary nitrogens is 1. The highest BCUT2D eigenvalue weighted by Crippen LogP contribution is 2.23. The Morgan fingerprint density at radius 1 is 1.23 bits per heavy atom. The molecule has 1 saturated heterocycles. The maximum atomic E-state index is 9.89. The van der Waals surface area contributed by atoms with E-state index in [2.05, 4.69) is 0 Å². The van der Waals surface area contributed by atoms with Gasteiger partial charge < -0.3 is 14.6 Å². The Bertz CT molecular complexity index is 140. The number of hydrogen-bond acceptors (Lipinski definition) is 3. The van der Waals surface area contributed by atoms with E-state index < -0.39 is 0 Å². The lowest BCUT2D eigenvalue weighted by Gasteiger charge is -2.43. The zero-order chi connectivity index (χ0) is 9.73. The number of nitrogens with zero attached hydrogens (tertiary/aromatic N) is 1. The second-order valence-electron chi connectivity index (χ2n) is 3.75. The molecule has 1 rings (SSSR count). The van der Waals surface area contributed by atoms with E-state index in [1.54, 1.807) is 14.2 Å². The van der Waals surface area contributed by atoms with E-state index in [1.165, 1.54) is 0 Å². The van der Waals surface area contributed by atoms with Crippen LogP contribution in [0.4, 0.5) is 0 Å². The van der Waals surface area contributed by atoms with Gasteiger partial charge in [-0.1, -0.05) is 0 Å². The molecule has 0 spiro atoms. The highest BCUT2D eigenvalue weighted by molar-refractivity contribution is 4.54. The van der Waals surface area contributed by atoms with Crippen LogP contribution in [-0.2, 0) is 9.47 Å². The molecule has 4 nitrogen and oxygen atoms in total. The monoisotopic (exact) mass is 190 g/mol. The first-order valence-corrected chi connectivity index (χ1v) is 4.77. The fourth-order valence-corrected chi connectivity index (χ4v) is 2.03. The third kappa shape index (κ3) is 2.40. The molecule has 0 amide bonds. The van der Waals surface area contributed by atoms with Crippen molar-refractivity contribution < 1.29 is 19.1 Å². The van der Waals surface area contributed by atoms with Crippen molar-refractivity contribution in [2.24, 2.45) is 0 Å². The van der Waals surface area contributed by atoms with Crippen molar-refractivity contribution >= 4 is 0 Å². The average molecular weight is 190 g/mol. The van der Waals surface area contributed by atoms with Crippen LogP contribution in [0.2, 0.25) is 0 Å². The summed E-state index contributed by atoms with van der Waals surface area (Å²) in [4.78, 5) is 0. The van der Waals surface area contributed by atoms with Crippen molar-refractivity contribution in [1.82, 2.24) is 0 Å². The van der Waals surface area contributed by atoms with Gasteiger partial charge in [-0.25, -0.2) is 0 Å². The van der Waals surface area contributed by atoms with Gasteiger partial charge in [0.1, 0.15) is 0 Å². The zero-order valence-electron chi connectivity index (χ0n) is 8.53. The smallest absolute Gasteiger partial charge is 0.194 e. The molecule has 78 valence electrons. The van der Waals surface area contributed by atoms with Gasteiger partial charge in [0.2, 0.25) is 0 Å². The van der Waals surface area contributed by atoms with Gasteiger partial charge in [-0.2, -0.15) is 0 Å². The minimum atomic E-state index is -0.325. The van der Waals surface area contributed by atoms with Crippen molar-refractivity contribution in [2.75, 3.05) is 34.2 Å². The zero-order valence-corrected chi connectivity index (χ0v) is 8.53. The molecule has 0 bridgehead atoms. The third-order valence-corrected chi connectivity index (χ3v) is 2.72. The second kappa shape index (κ2) is 4.91. The molecule has 0 radical (unpaired) electrons. The number of hydrogen-bond donors (Lipinski definition) is 1. The molecule has 0 aliphatic carbocycles. The maximum absolute atomic E-state index is 9.89. The van der Waals surface area contributed by atoms with Crippen LogP contribution >= 0.6 is 0 Å². The lowest BCUT2D eigenvalue weighted by Crippen LogP contribution is -2.59. The summed E-state index contributed by atoms with van der Waals surface area (Å²) in [6.45, 7) is 2.02. The predicted octanol–water partition coefficient (Wildman–Crippen LogP) is 0.513. The molecule has 1 heterocycles. The standard InChI is InChI=1S/C9H20NO3/c1-12-7-10(8-13-2)6-4-3-5-9(10)11/h9,11H,3-8H2,1-2H3/q+1. The quantitative estimate of drug-likeness (QED) is 0.657. The molecule has 1 unspecified atom stereocenters. The van der Waals surface area contributed by atoms with Crippen LogP contribution < -0.4 is 0 Å². The first-order chi connectivity index (χ1) is 6.25. The Morgan fingerprint density at radius 3 is 2.31 bits per heavy atom. The lowest BCUT2D eigenvalue weighted by atomic mass is 10.1. The summed E-state index contributed by atoms with van der Waals surface area (Å²) in [5, 5.41) is 9.89. The Hall–Kier alpha value is -0.160. The molecule has 0 saturated carbocycles. The van der Waals surface area contributed by atoms with Gasteiger partial charge in [-0.05, 0) is 12.8 Å². The van der Waals surface area contributed by atoms with Crippen LogP contribution in [0, 0.1) is 0 Å². The number of ether oxygens (including phenoxy) is 2. The molecule has 1 N–H and O–H groups in total. The minimum absolute atomic E-state index is 0.325. The largest absolute Gasteiger partial charge is 0.345 e. The van der Waals surface area contributed by atoms with Crippen molar-refractivity contribution in [3.63, 3.8) is 0 Å². The third-order valence-electron chi connectivity index (χ3n) is 2.72. The summed E-state index contributed by atoms with van der Waals surface area (Å²) >= 11 is 0.